The van der Waals surface area contributed by atoms with Crippen molar-refractivity contribution in [3.05, 3.63) is 35.6 Å². The Hall–Kier alpha value is -0.930. The van der Waals surface area contributed by atoms with E-state index >= 15 is 0 Å². The Balaban J connectivity index is 2.14. The van der Waals surface area contributed by atoms with Crippen LogP contribution in [0.1, 0.15) is 43.7 Å². The first-order valence-corrected chi connectivity index (χ1v) is 6.03. The molecule has 0 spiro atoms. The van der Waals surface area contributed by atoms with Crippen LogP contribution in [-0.2, 0) is 0 Å². The van der Waals surface area contributed by atoms with E-state index in [1.165, 1.54) is 38.2 Å². The lowest BCUT2D eigenvalue weighted by molar-refractivity contribution is 0.273. The Morgan fingerprint density at radius 2 is 2.00 bits per heavy atom. The molecule has 0 radical (unpaired) electrons. The molecule has 2 nitrogen and oxygen atoms in total. The molecule has 3 N–H and O–H groups in total. The van der Waals surface area contributed by atoms with Crippen LogP contribution in [0.15, 0.2) is 24.3 Å². The van der Waals surface area contributed by atoms with Crippen LogP contribution >= 0.6 is 0 Å². The van der Waals surface area contributed by atoms with Gasteiger partial charge in [0.05, 0.1) is 0 Å². The molecule has 0 heterocycles. The number of nitrogens with one attached hydrogen (secondary N) is 1. The van der Waals surface area contributed by atoms with Crippen molar-refractivity contribution < 1.29 is 4.39 Å². The number of benzene rings is 1. The zero-order chi connectivity index (χ0) is 11.4. The monoisotopic (exact) mass is 222 g/mol. The molecule has 0 amide bonds. The second-order valence-corrected chi connectivity index (χ2v) is 4.60. The molecule has 1 aliphatic rings. The molecule has 1 aromatic rings. The van der Waals surface area contributed by atoms with E-state index in [1.54, 1.807) is 12.1 Å². The number of halogens is 1. The third-order valence-corrected chi connectivity index (χ3v) is 3.51. The lowest BCUT2D eigenvalue weighted by Crippen LogP contribution is -2.34. The van der Waals surface area contributed by atoms with E-state index < -0.39 is 0 Å². The number of rotatable bonds is 3. The van der Waals surface area contributed by atoms with Crippen LogP contribution in [0.5, 0.6) is 0 Å². The van der Waals surface area contributed by atoms with Gasteiger partial charge in [0.15, 0.2) is 0 Å². The van der Waals surface area contributed by atoms with Gasteiger partial charge in [0.1, 0.15) is 5.82 Å². The third kappa shape index (κ3) is 2.60. The molecule has 1 aliphatic carbocycles. The Morgan fingerprint density at radius 1 is 1.25 bits per heavy atom. The van der Waals surface area contributed by atoms with Crippen LogP contribution in [0.2, 0.25) is 0 Å². The molecule has 0 aliphatic heterocycles. The molecule has 0 saturated heterocycles. The predicted octanol–water partition coefficient (Wildman–Crippen LogP) is 2.91. The van der Waals surface area contributed by atoms with Crippen molar-refractivity contribution in [1.29, 1.82) is 0 Å². The highest BCUT2D eigenvalue weighted by molar-refractivity contribution is 5.20. The van der Waals surface area contributed by atoms with Gasteiger partial charge in [-0.3, -0.25) is 11.3 Å². The minimum Gasteiger partial charge on any atom is -0.271 e. The van der Waals surface area contributed by atoms with Crippen molar-refractivity contribution >= 4 is 0 Å². The van der Waals surface area contributed by atoms with E-state index in [0.29, 0.717) is 5.92 Å². The van der Waals surface area contributed by atoms with Crippen molar-refractivity contribution in [3.63, 3.8) is 0 Å². The van der Waals surface area contributed by atoms with E-state index in [9.17, 15) is 4.39 Å². The molecule has 1 saturated carbocycles. The summed E-state index contributed by atoms with van der Waals surface area (Å²) < 4.78 is 13.2. The maximum absolute atomic E-state index is 13.2. The van der Waals surface area contributed by atoms with Crippen molar-refractivity contribution in [2.75, 3.05) is 0 Å². The Bertz CT molecular complexity index is 334. The van der Waals surface area contributed by atoms with Crippen molar-refractivity contribution in [2.24, 2.45) is 11.8 Å². The van der Waals surface area contributed by atoms with Crippen LogP contribution in [0.25, 0.3) is 0 Å². The summed E-state index contributed by atoms with van der Waals surface area (Å²) in [4.78, 5) is 0. The molecular weight excluding hydrogens is 203 g/mol. The quantitative estimate of drug-likeness (QED) is 0.609. The molecule has 1 atom stereocenters. The molecule has 1 fully saturated rings. The highest BCUT2D eigenvalue weighted by Gasteiger charge is 2.24. The van der Waals surface area contributed by atoms with Gasteiger partial charge in [-0.25, -0.2) is 4.39 Å². The van der Waals surface area contributed by atoms with Crippen molar-refractivity contribution in [3.8, 4) is 0 Å². The second-order valence-electron chi connectivity index (χ2n) is 4.60. The van der Waals surface area contributed by atoms with Crippen LogP contribution in [-0.4, -0.2) is 0 Å². The minimum absolute atomic E-state index is 0.0935. The van der Waals surface area contributed by atoms with Gasteiger partial charge < -0.3 is 0 Å². The number of hydrogen-bond donors (Lipinski definition) is 2. The topological polar surface area (TPSA) is 38.0 Å². The van der Waals surface area contributed by atoms with Crippen LogP contribution in [0.4, 0.5) is 4.39 Å². The lowest BCUT2D eigenvalue weighted by atomic mass is 9.81. The van der Waals surface area contributed by atoms with Gasteiger partial charge in [-0.1, -0.05) is 31.4 Å². The van der Waals surface area contributed by atoms with E-state index in [1.807, 2.05) is 6.07 Å². The normalized spacial score (nSPS) is 19.6. The van der Waals surface area contributed by atoms with Gasteiger partial charge in [0.25, 0.3) is 0 Å². The highest BCUT2D eigenvalue weighted by atomic mass is 19.1. The zero-order valence-corrected chi connectivity index (χ0v) is 9.45. The average Bonchev–Trinajstić information content (AvgIpc) is 2.31. The third-order valence-electron chi connectivity index (χ3n) is 3.51. The van der Waals surface area contributed by atoms with Crippen LogP contribution in [0, 0.1) is 11.7 Å². The molecule has 88 valence electrons. The fourth-order valence-corrected chi connectivity index (χ4v) is 2.67. The Morgan fingerprint density at radius 3 is 2.62 bits per heavy atom. The number of nitrogens with two attached hydrogens (primary N) is 1. The number of hydrogen-bond acceptors (Lipinski definition) is 2. The molecule has 1 aromatic carbocycles. The summed E-state index contributed by atoms with van der Waals surface area (Å²) in [7, 11) is 0. The highest BCUT2D eigenvalue weighted by Crippen LogP contribution is 2.33. The second kappa shape index (κ2) is 5.41. The smallest absolute Gasteiger partial charge is 0.123 e. The molecule has 2 rings (SSSR count). The standard InChI is InChI=1S/C13H19FN2/c14-12-8-4-7-11(9-12)13(16-15)10-5-2-1-3-6-10/h4,7-10,13,16H,1-3,5-6,15H2. The van der Waals surface area contributed by atoms with Gasteiger partial charge in [0.2, 0.25) is 0 Å². The average molecular weight is 222 g/mol. The van der Waals surface area contributed by atoms with Crippen LogP contribution in [0.3, 0.4) is 0 Å². The largest absolute Gasteiger partial charge is 0.271 e. The van der Waals surface area contributed by atoms with E-state index in [0.717, 1.165) is 5.56 Å². The maximum Gasteiger partial charge on any atom is 0.123 e. The summed E-state index contributed by atoms with van der Waals surface area (Å²) >= 11 is 0. The van der Waals surface area contributed by atoms with Crippen LogP contribution < -0.4 is 11.3 Å². The summed E-state index contributed by atoms with van der Waals surface area (Å²) in [6, 6.07) is 6.84. The zero-order valence-electron chi connectivity index (χ0n) is 9.45. The first kappa shape index (κ1) is 11.6. The summed E-state index contributed by atoms with van der Waals surface area (Å²) in [5.74, 6) is 5.97. The summed E-state index contributed by atoms with van der Waals surface area (Å²) in [6.45, 7) is 0. The first-order valence-electron chi connectivity index (χ1n) is 6.03. The Labute approximate surface area is 96.0 Å². The van der Waals surface area contributed by atoms with E-state index in [2.05, 4.69) is 5.43 Å². The molecule has 0 bridgehead atoms. The van der Waals surface area contributed by atoms with Crippen molar-refractivity contribution in [2.45, 2.75) is 38.1 Å². The lowest BCUT2D eigenvalue weighted by Gasteiger charge is -2.30. The van der Waals surface area contributed by atoms with Gasteiger partial charge in [-0.05, 0) is 36.5 Å². The maximum atomic E-state index is 13.2. The van der Waals surface area contributed by atoms with Gasteiger partial charge in [0, 0.05) is 6.04 Å². The molecule has 0 aromatic heterocycles. The summed E-state index contributed by atoms with van der Waals surface area (Å²) in [5, 5.41) is 0. The molecular formula is C13H19FN2. The van der Waals surface area contributed by atoms with E-state index in [-0.39, 0.29) is 11.9 Å². The van der Waals surface area contributed by atoms with Gasteiger partial charge in [-0.15, -0.1) is 0 Å². The molecule has 3 heteroatoms. The fourth-order valence-electron chi connectivity index (χ4n) is 2.67. The predicted molar refractivity (Wildman–Crippen MR) is 63.0 cm³/mol. The first-order chi connectivity index (χ1) is 7.81. The van der Waals surface area contributed by atoms with Gasteiger partial charge >= 0.3 is 0 Å². The molecule has 16 heavy (non-hydrogen) atoms. The summed E-state index contributed by atoms with van der Waals surface area (Å²) in [6.07, 6.45) is 6.21. The van der Waals surface area contributed by atoms with Gasteiger partial charge in [-0.2, -0.15) is 0 Å². The number of hydrazine groups is 1. The molecule has 1 unspecified atom stereocenters. The SMILES string of the molecule is NNC(c1cccc(F)c1)C1CCCCC1. The minimum atomic E-state index is -0.187. The Kier molecular flexibility index (Phi) is 3.91. The summed E-state index contributed by atoms with van der Waals surface area (Å²) in [5.41, 5.74) is 3.82. The van der Waals surface area contributed by atoms with E-state index in [4.69, 9.17) is 5.84 Å². The van der Waals surface area contributed by atoms with Crippen molar-refractivity contribution in [1.82, 2.24) is 5.43 Å². The fraction of sp³-hybridized carbons (Fsp3) is 0.538.